The Bertz CT molecular complexity index is 1220. The zero-order valence-electron chi connectivity index (χ0n) is 38.1. The van der Waals surface area contributed by atoms with Crippen LogP contribution >= 0.6 is 0 Å². The van der Waals surface area contributed by atoms with Crippen LogP contribution in [-0.2, 0) is 28.5 Å². The second kappa shape index (κ2) is 41.2. The van der Waals surface area contributed by atoms with Gasteiger partial charge in [0.15, 0.2) is 12.4 Å². The van der Waals surface area contributed by atoms with Gasteiger partial charge in [0.25, 0.3) is 0 Å². The summed E-state index contributed by atoms with van der Waals surface area (Å²) in [7, 11) is 0. The molecule has 0 bridgehead atoms. The minimum Gasteiger partial charge on any atom is -0.462 e. The van der Waals surface area contributed by atoms with Crippen LogP contribution in [-0.4, -0.2) is 89.0 Å². The second-order valence-corrected chi connectivity index (χ2v) is 16.2. The van der Waals surface area contributed by atoms with Crippen LogP contribution in [0.1, 0.15) is 181 Å². The molecule has 6 atom stereocenters. The fourth-order valence-corrected chi connectivity index (χ4v) is 6.73. The number of aliphatic hydroxyl groups excluding tert-OH is 4. The van der Waals surface area contributed by atoms with E-state index in [0.717, 1.165) is 70.6 Å². The van der Waals surface area contributed by atoms with Crippen molar-refractivity contribution in [1.29, 1.82) is 0 Å². The normalized spacial score (nSPS) is 20.4. The maximum Gasteiger partial charge on any atom is 0.306 e. The molecule has 0 amide bonds. The molecule has 0 aromatic carbocycles. The second-order valence-electron chi connectivity index (χ2n) is 16.2. The monoisotopic (exact) mass is 859 g/mol. The molecule has 1 fully saturated rings. The van der Waals surface area contributed by atoms with Gasteiger partial charge in [-0.25, -0.2) is 0 Å². The van der Waals surface area contributed by atoms with Gasteiger partial charge in [-0.05, 0) is 89.9 Å². The van der Waals surface area contributed by atoms with E-state index in [1.807, 2.05) is 0 Å². The molecule has 0 aliphatic carbocycles. The number of esters is 2. The van der Waals surface area contributed by atoms with Crippen molar-refractivity contribution < 1.29 is 49.0 Å². The Balaban J connectivity index is 2.34. The van der Waals surface area contributed by atoms with E-state index in [0.29, 0.717) is 12.8 Å². The fraction of sp³-hybridized carbons (Fsp3) is 0.725. The Morgan fingerprint density at radius 1 is 0.508 bits per heavy atom. The van der Waals surface area contributed by atoms with Crippen molar-refractivity contribution in [3.05, 3.63) is 72.9 Å². The summed E-state index contributed by atoms with van der Waals surface area (Å²) in [4.78, 5) is 25.4. The number of hydrogen-bond donors (Lipinski definition) is 4. The average Bonchev–Trinajstić information content (AvgIpc) is 3.26. The summed E-state index contributed by atoms with van der Waals surface area (Å²) < 4.78 is 22.2. The third-order valence-corrected chi connectivity index (χ3v) is 10.6. The van der Waals surface area contributed by atoms with Crippen molar-refractivity contribution in [2.45, 2.75) is 218 Å². The highest BCUT2D eigenvalue weighted by molar-refractivity contribution is 5.70. The Morgan fingerprint density at radius 2 is 0.918 bits per heavy atom. The SMILES string of the molecule is CCCCC/C=C/C/C=C/C/C=C/C/C=C/CCCCCC(=O)OC[C@@H](CO[C@H]1O[C@@H](CO)[C@@H](O)C(O)C1O)OC(=O)CCCCCCCCC/C=C/C/C=C/CCCCC. The van der Waals surface area contributed by atoms with Crippen molar-refractivity contribution >= 4 is 11.9 Å². The van der Waals surface area contributed by atoms with E-state index < -0.39 is 55.4 Å². The molecular formula is C51H86O10. The van der Waals surface area contributed by atoms with Gasteiger partial charge in [-0.2, -0.15) is 0 Å². The molecule has 0 radical (unpaired) electrons. The van der Waals surface area contributed by atoms with Gasteiger partial charge in [-0.3, -0.25) is 9.59 Å². The molecule has 1 aliphatic rings. The first-order valence-corrected chi connectivity index (χ1v) is 24.0. The lowest BCUT2D eigenvalue weighted by atomic mass is 9.99. The number of allylic oxidation sites excluding steroid dienone is 12. The third-order valence-electron chi connectivity index (χ3n) is 10.6. The third kappa shape index (κ3) is 32.5. The number of hydrogen-bond acceptors (Lipinski definition) is 10. The van der Waals surface area contributed by atoms with E-state index in [4.69, 9.17) is 18.9 Å². The Kier molecular flexibility index (Phi) is 37.9. The molecule has 61 heavy (non-hydrogen) atoms. The summed E-state index contributed by atoms with van der Waals surface area (Å²) in [6, 6.07) is 0. The van der Waals surface area contributed by atoms with E-state index in [1.54, 1.807) is 0 Å². The van der Waals surface area contributed by atoms with Crippen molar-refractivity contribution in [1.82, 2.24) is 0 Å². The van der Waals surface area contributed by atoms with Gasteiger partial charge in [-0.1, -0.05) is 151 Å². The van der Waals surface area contributed by atoms with Crippen LogP contribution in [0.25, 0.3) is 0 Å². The van der Waals surface area contributed by atoms with Crippen molar-refractivity contribution in [3.63, 3.8) is 0 Å². The number of rotatable bonds is 39. The topological polar surface area (TPSA) is 152 Å². The molecule has 10 nitrogen and oxygen atoms in total. The molecule has 10 heteroatoms. The highest BCUT2D eigenvalue weighted by atomic mass is 16.7. The average molecular weight is 859 g/mol. The Hall–Kier alpha value is -2.86. The summed E-state index contributed by atoms with van der Waals surface area (Å²) in [5, 5.41) is 40.1. The van der Waals surface area contributed by atoms with Crippen LogP contribution in [0, 0.1) is 0 Å². The maximum absolute atomic E-state index is 12.8. The lowest BCUT2D eigenvalue weighted by Gasteiger charge is -2.39. The van der Waals surface area contributed by atoms with E-state index in [2.05, 4.69) is 86.8 Å². The van der Waals surface area contributed by atoms with Crippen molar-refractivity contribution in [2.24, 2.45) is 0 Å². The molecule has 0 aromatic heterocycles. The number of ether oxygens (including phenoxy) is 4. The Morgan fingerprint density at radius 3 is 1.39 bits per heavy atom. The van der Waals surface area contributed by atoms with Gasteiger partial charge in [0.2, 0.25) is 0 Å². The first-order valence-electron chi connectivity index (χ1n) is 24.0. The van der Waals surface area contributed by atoms with E-state index >= 15 is 0 Å². The van der Waals surface area contributed by atoms with Crippen LogP contribution in [0.15, 0.2) is 72.9 Å². The summed E-state index contributed by atoms with van der Waals surface area (Å²) in [5.41, 5.74) is 0. The fourth-order valence-electron chi connectivity index (χ4n) is 6.73. The van der Waals surface area contributed by atoms with Crippen LogP contribution in [0.5, 0.6) is 0 Å². The minimum absolute atomic E-state index is 0.210. The maximum atomic E-state index is 12.8. The first-order chi connectivity index (χ1) is 29.8. The smallest absolute Gasteiger partial charge is 0.306 e. The predicted molar refractivity (Wildman–Crippen MR) is 247 cm³/mol. The molecule has 1 saturated heterocycles. The predicted octanol–water partition coefficient (Wildman–Crippen LogP) is 10.8. The summed E-state index contributed by atoms with van der Waals surface area (Å²) in [6.45, 7) is 3.32. The molecule has 0 saturated carbocycles. The van der Waals surface area contributed by atoms with Gasteiger partial charge < -0.3 is 39.4 Å². The molecule has 350 valence electrons. The number of aliphatic hydroxyl groups is 4. The Labute approximate surface area is 370 Å². The number of carbonyl (C=O) groups is 2. The molecule has 0 aromatic rings. The van der Waals surface area contributed by atoms with Crippen LogP contribution < -0.4 is 0 Å². The van der Waals surface area contributed by atoms with Crippen molar-refractivity contribution in [2.75, 3.05) is 19.8 Å². The summed E-state index contributed by atoms with van der Waals surface area (Å²) in [5.74, 6) is -0.856. The van der Waals surface area contributed by atoms with Crippen molar-refractivity contribution in [3.8, 4) is 0 Å². The van der Waals surface area contributed by atoms with E-state index in [-0.39, 0.29) is 26.1 Å². The van der Waals surface area contributed by atoms with Gasteiger partial charge >= 0.3 is 11.9 Å². The highest BCUT2D eigenvalue weighted by Crippen LogP contribution is 2.22. The van der Waals surface area contributed by atoms with Gasteiger partial charge in [0.05, 0.1) is 13.2 Å². The minimum atomic E-state index is -1.61. The number of carbonyl (C=O) groups excluding carboxylic acids is 2. The molecule has 1 rings (SSSR count). The van der Waals surface area contributed by atoms with Crippen LogP contribution in [0.2, 0.25) is 0 Å². The molecule has 2 unspecified atom stereocenters. The molecule has 1 heterocycles. The lowest BCUT2D eigenvalue weighted by Crippen LogP contribution is -2.59. The van der Waals surface area contributed by atoms with Gasteiger partial charge in [-0.15, -0.1) is 0 Å². The molecular weight excluding hydrogens is 773 g/mol. The largest absolute Gasteiger partial charge is 0.462 e. The van der Waals surface area contributed by atoms with E-state index in [1.165, 1.54) is 70.6 Å². The van der Waals surface area contributed by atoms with Crippen LogP contribution in [0.3, 0.4) is 0 Å². The van der Waals surface area contributed by atoms with Gasteiger partial charge in [0, 0.05) is 12.8 Å². The summed E-state index contributed by atoms with van der Waals surface area (Å²) in [6.07, 6.45) is 44.7. The van der Waals surface area contributed by atoms with E-state index in [9.17, 15) is 30.0 Å². The highest BCUT2D eigenvalue weighted by Gasteiger charge is 2.44. The lowest BCUT2D eigenvalue weighted by molar-refractivity contribution is -0.305. The van der Waals surface area contributed by atoms with Crippen LogP contribution in [0.4, 0.5) is 0 Å². The quantitative estimate of drug-likeness (QED) is 0.0267. The molecule has 1 aliphatic heterocycles. The zero-order chi connectivity index (χ0) is 44.4. The zero-order valence-corrected chi connectivity index (χ0v) is 38.1. The standard InChI is InChI=1S/C51H86O10/c1-3-5-7-9-11-13-15-17-19-21-22-24-25-27-29-31-33-35-37-39-46(53)58-42-44(43-59-51-50(57)49(56)48(55)45(41-52)61-51)60-47(54)40-38-36-34-32-30-28-26-23-20-18-16-14-12-10-8-6-4-2/h11-14,17-20,22,24,27,29,44-45,48-52,55-57H,3-10,15-16,21,23,25-26,28,30-43H2,1-2H3/b13-11+,14-12+,19-17+,20-18+,24-22+,29-27+/t44-,45-,48+,49?,50?,51-/m0/s1. The number of unbranched alkanes of at least 4 members (excludes halogenated alkanes) is 16. The summed E-state index contributed by atoms with van der Waals surface area (Å²) >= 11 is 0. The molecule has 4 N–H and O–H groups in total. The molecule has 0 spiro atoms. The first kappa shape index (κ1) is 56.2. The van der Waals surface area contributed by atoms with Gasteiger partial charge in [0.1, 0.15) is 31.0 Å².